The van der Waals surface area contributed by atoms with Gasteiger partial charge in [-0.05, 0) is 30.5 Å². The Hall–Kier alpha value is -2.41. The van der Waals surface area contributed by atoms with Crippen LogP contribution in [0.2, 0.25) is 0 Å². The van der Waals surface area contributed by atoms with E-state index in [-0.39, 0.29) is 11.8 Å². The van der Waals surface area contributed by atoms with Crippen LogP contribution < -0.4 is 15.5 Å². The third-order valence-corrected chi connectivity index (χ3v) is 3.83. The molecule has 6 nitrogen and oxygen atoms in total. The van der Waals surface area contributed by atoms with Gasteiger partial charge >= 0.3 is 0 Å². The summed E-state index contributed by atoms with van der Waals surface area (Å²) in [6, 6.07) is 6.46. The van der Waals surface area contributed by atoms with Crippen LogP contribution >= 0.6 is 11.3 Å². The van der Waals surface area contributed by atoms with E-state index in [1.54, 1.807) is 31.3 Å². The summed E-state index contributed by atoms with van der Waals surface area (Å²) in [6.45, 7) is 1.64. The molecular formula is C15H18N4O2S. The van der Waals surface area contributed by atoms with Crippen LogP contribution in [0.4, 0.5) is 11.5 Å². The molecule has 0 bridgehead atoms. The number of amides is 2. The van der Waals surface area contributed by atoms with Crippen molar-refractivity contribution in [2.45, 2.75) is 13.0 Å². The highest BCUT2D eigenvalue weighted by Gasteiger charge is 2.17. The molecule has 0 radical (unpaired) electrons. The zero-order chi connectivity index (χ0) is 16.1. The highest BCUT2D eigenvalue weighted by Crippen LogP contribution is 2.12. The minimum Gasteiger partial charge on any atom is -0.363 e. The fourth-order valence-corrected chi connectivity index (χ4v) is 2.34. The van der Waals surface area contributed by atoms with Crippen molar-refractivity contribution in [1.29, 1.82) is 0 Å². The van der Waals surface area contributed by atoms with Gasteiger partial charge in [0.15, 0.2) is 0 Å². The quantitative estimate of drug-likeness (QED) is 0.884. The summed E-state index contributed by atoms with van der Waals surface area (Å²) in [5.74, 6) is 0.264. The van der Waals surface area contributed by atoms with Gasteiger partial charge in [0.25, 0.3) is 5.91 Å². The number of thiophene rings is 1. The van der Waals surface area contributed by atoms with E-state index in [4.69, 9.17) is 0 Å². The van der Waals surface area contributed by atoms with Gasteiger partial charge in [-0.1, -0.05) is 6.07 Å². The second kappa shape index (κ2) is 7.04. The highest BCUT2D eigenvalue weighted by atomic mass is 32.1. The van der Waals surface area contributed by atoms with Crippen molar-refractivity contribution in [3.05, 3.63) is 40.7 Å². The van der Waals surface area contributed by atoms with Crippen LogP contribution in [0.15, 0.2) is 35.8 Å². The summed E-state index contributed by atoms with van der Waals surface area (Å²) in [5, 5.41) is 7.21. The summed E-state index contributed by atoms with van der Waals surface area (Å²) >= 11 is 1.33. The molecule has 2 N–H and O–H groups in total. The fourth-order valence-electron chi connectivity index (χ4n) is 1.72. The third kappa shape index (κ3) is 4.05. The van der Waals surface area contributed by atoms with Crippen molar-refractivity contribution in [3.8, 4) is 0 Å². The predicted octanol–water partition coefficient (Wildman–Crippen LogP) is 1.97. The maximum Gasteiger partial charge on any atom is 0.261 e. The maximum absolute atomic E-state index is 12.1. The highest BCUT2D eigenvalue weighted by molar-refractivity contribution is 7.12. The van der Waals surface area contributed by atoms with Gasteiger partial charge in [-0.25, -0.2) is 4.98 Å². The topological polar surface area (TPSA) is 74.3 Å². The van der Waals surface area contributed by atoms with Gasteiger partial charge in [-0.3, -0.25) is 9.59 Å². The lowest BCUT2D eigenvalue weighted by Crippen LogP contribution is -2.41. The SMILES string of the molecule is C[C@H](NC(=O)c1cccs1)C(=O)Nc1ccc(N(C)C)nc1. The fraction of sp³-hybridized carbons (Fsp3) is 0.267. The van der Waals surface area contributed by atoms with Gasteiger partial charge in [0.05, 0.1) is 16.8 Å². The largest absolute Gasteiger partial charge is 0.363 e. The van der Waals surface area contributed by atoms with E-state index >= 15 is 0 Å². The average Bonchev–Trinajstić information content (AvgIpc) is 3.02. The summed E-state index contributed by atoms with van der Waals surface area (Å²) in [6.07, 6.45) is 1.58. The summed E-state index contributed by atoms with van der Waals surface area (Å²) in [4.78, 5) is 30.6. The first-order chi connectivity index (χ1) is 10.5. The number of carbonyl (C=O) groups is 2. The second-order valence-electron chi connectivity index (χ2n) is 4.96. The predicted molar refractivity (Wildman–Crippen MR) is 88.4 cm³/mol. The van der Waals surface area contributed by atoms with Crippen LogP contribution in [0.3, 0.4) is 0 Å². The maximum atomic E-state index is 12.1. The van der Waals surface area contributed by atoms with E-state index in [1.807, 2.05) is 30.4 Å². The molecule has 0 unspecified atom stereocenters. The Kier molecular flexibility index (Phi) is 5.11. The van der Waals surface area contributed by atoms with Gasteiger partial charge in [-0.2, -0.15) is 0 Å². The number of nitrogens with one attached hydrogen (secondary N) is 2. The molecule has 7 heteroatoms. The minimum atomic E-state index is -0.636. The molecule has 0 fully saturated rings. The summed E-state index contributed by atoms with van der Waals surface area (Å²) in [7, 11) is 3.78. The van der Waals surface area contributed by atoms with Gasteiger partial charge in [0.1, 0.15) is 11.9 Å². The number of carbonyl (C=O) groups excluding carboxylic acids is 2. The van der Waals surface area contributed by atoms with E-state index in [9.17, 15) is 9.59 Å². The minimum absolute atomic E-state index is 0.251. The Bertz CT molecular complexity index is 638. The number of rotatable bonds is 5. The number of hydrogen-bond acceptors (Lipinski definition) is 5. The first-order valence-corrected chi connectivity index (χ1v) is 7.64. The Morgan fingerprint density at radius 2 is 2.05 bits per heavy atom. The number of aromatic nitrogens is 1. The number of pyridine rings is 1. The number of anilines is 2. The standard InChI is InChI=1S/C15H18N4O2S/c1-10(17-15(21)12-5-4-8-22-12)14(20)18-11-6-7-13(16-9-11)19(2)3/h4-10H,1-3H3,(H,17,21)(H,18,20)/t10-/m0/s1. The van der Waals surface area contributed by atoms with E-state index in [0.717, 1.165) is 5.82 Å². The van der Waals surface area contributed by atoms with Crippen LogP contribution in [-0.4, -0.2) is 36.9 Å². The van der Waals surface area contributed by atoms with Crippen LogP contribution in [-0.2, 0) is 4.79 Å². The molecule has 0 spiro atoms. The normalized spacial score (nSPS) is 11.6. The van der Waals surface area contributed by atoms with Gasteiger partial charge in [-0.15, -0.1) is 11.3 Å². The van der Waals surface area contributed by atoms with E-state index < -0.39 is 6.04 Å². The molecule has 22 heavy (non-hydrogen) atoms. The second-order valence-corrected chi connectivity index (χ2v) is 5.91. The van der Waals surface area contributed by atoms with Gasteiger partial charge in [0.2, 0.25) is 5.91 Å². The molecule has 2 aromatic heterocycles. The Labute approximate surface area is 133 Å². The van der Waals surface area contributed by atoms with Gasteiger partial charge < -0.3 is 15.5 Å². The summed E-state index contributed by atoms with van der Waals surface area (Å²) < 4.78 is 0. The molecule has 116 valence electrons. The lowest BCUT2D eigenvalue weighted by atomic mass is 10.3. The van der Waals surface area contributed by atoms with Crippen LogP contribution in [0, 0.1) is 0 Å². The molecule has 2 amide bonds. The average molecular weight is 318 g/mol. The lowest BCUT2D eigenvalue weighted by Gasteiger charge is -2.15. The van der Waals surface area contributed by atoms with Crippen molar-refractivity contribution < 1.29 is 9.59 Å². The van der Waals surface area contributed by atoms with E-state index in [0.29, 0.717) is 10.6 Å². The van der Waals surface area contributed by atoms with Crippen LogP contribution in [0.1, 0.15) is 16.6 Å². The van der Waals surface area contributed by atoms with Crippen molar-refractivity contribution in [2.24, 2.45) is 0 Å². The Morgan fingerprint density at radius 3 is 2.59 bits per heavy atom. The van der Waals surface area contributed by atoms with Gasteiger partial charge in [0, 0.05) is 14.1 Å². The monoisotopic (exact) mass is 318 g/mol. The zero-order valence-corrected chi connectivity index (χ0v) is 13.5. The Balaban J connectivity index is 1.92. The van der Waals surface area contributed by atoms with E-state index in [1.165, 1.54) is 11.3 Å². The third-order valence-electron chi connectivity index (χ3n) is 2.96. The van der Waals surface area contributed by atoms with Crippen LogP contribution in [0.25, 0.3) is 0 Å². The molecule has 2 aromatic rings. The molecule has 0 saturated carbocycles. The molecule has 0 aliphatic heterocycles. The van der Waals surface area contributed by atoms with Crippen molar-refractivity contribution in [1.82, 2.24) is 10.3 Å². The first-order valence-electron chi connectivity index (χ1n) is 6.76. The van der Waals surface area contributed by atoms with Crippen molar-refractivity contribution in [2.75, 3.05) is 24.3 Å². The molecule has 0 aromatic carbocycles. The smallest absolute Gasteiger partial charge is 0.261 e. The molecule has 0 aliphatic carbocycles. The van der Waals surface area contributed by atoms with Crippen molar-refractivity contribution in [3.63, 3.8) is 0 Å². The lowest BCUT2D eigenvalue weighted by molar-refractivity contribution is -0.117. The zero-order valence-electron chi connectivity index (χ0n) is 12.7. The molecular weight excluding hydrogens is 300 g/mol. The number of hydrogen-bond donors (Lipinski definition) is 2. The summed E-state index contributed by atoms with van der Waals surface area (Å²) in [5.41, 5.74) is 0.591. The van der Waals surface area contributed by atoms with E-state index in [2.05, 4.69) is 15.6 Å². The number of nitrogens with zero attached hydrogens (tertiary/aromatic N) is 2. The van der Waals surface area contributed by atoms with Crippen LogP contribution in [0.5, 0.6) is 0 Å². The molecule has 1 atom stereocenters. The molecule has 0 aliphatic rings. The molecule has 0 saturated heterocycles. The molecule has 2 heterocycles. The molecule has 2 rings (SSSR count). The van der Waals surface area contributed by atoms with Crippen molar-refractivity contribution >= 4 is 34.7 Å². The Morgan fingerprint density at radius 1 is 1.27 bits per heavy atom. The first kappa shape index (κ1) is 16.0.